The maximum absolute atomic E-state index is 11.8. The highest BCUT2D eigenvalue weighted by molar-refractivity contribution is 7.98. The van der Waals surface area contributed by atoms with E-state index >= 15 is 0 Å². The predicted molar refractivity (Wildman–Crippen MR) is 76.7 cm³/mol. The molecule has 0 aromatic heterocycles. The minimum absolute atomic E-state index is 0.410. The van der Waals surface area contributed by atoms with Crippen molar-refractivity contribution in [1.82, 2.24) is 5.32 Å². The number of nitrogens with one attached hydrogen (secondary N) is 2. The van der Waals surface area contributed by atoms with Crippen LogP contribution in [0.15, 0.2) is 29.2 Å². The highest BCUT2D eigenvalue weighted by Crippen LogP contribution is 2.24. The van der Waals surface area contributed by atoms with E-state index in [1.807, 2.05) is 31.4 Å². The van der Waals surface area contributed by atoms with Gasteiger partial charge in [0.1, 0.15) is 6.04 Å². The third-order valence-corrected chi connectivity index (χ3v) is 3.33. The first-order valence-electron chi connectivity index (χ1n) is 6.01. The Hall–Kier alpha value is -1.69. The second kappa shape index (κ2) is 7.68. The summed E-state index contributed by atoms with van der Waals surface area (Å²) >= 11 is 1.51. The van der Waals surface area contributed by atoms with Gasteiger partial charge in [-0.3, -0.25) is 0 Å². The number of aliphatic carboxylic acids is 1. The third-order valence-electron chi connectivity index (χ3n) is 2.54. The van der Waals surface area contributed by atoms with Gasteiger partial charge < -0.3 is 15.7 Å². The highest BCUT2D eigenvalue weighted by atomic mass is 32.2. The van der Waals surface area contributed by atoms with Crippen LogP contribution < -0.4 is 10.6 Å². The van der Waals surface area contributed by atoms with Crippen molar-refractivity contribution in [2.24, 2.45) is 0 Å². The van der Waals surface area contributed by atoms with Crippen LogP contribution in [0.4, 0.5) is 10.5 Å². The molecule has 1 aromatic carbocycles. The van der Waals surface area contributed by atoms with Crippen LogP contribution >= 0.6 is 11.8 Å². The van der Waals surface area contributed by atoms with E-state index in [0.29, 0.717) is 18.5 Å². The van der Waals surface area contributed by atoms with E-state index in [1.165, 1.54) is 11.8 Å². The summed E-state index contributed by atoms with van der Waals surface area (Å²) in [6.07, 6.45) is 3.02. The summed E-state index contributed by atoms with van der Waals surface area (Å²) in [5.41, 5.74) is 0.674. The highest BCUT2D eigenvalue weighted by Gasteiger charge is 2.18. The number of carbonyl (C=O) groups is 2. The van der Waals surface area contributed by atoms with Crippen molar-refractivity contribution in [3.63, 3.8) is 0 Å². The molecule has 1 atom stereocenters. The zero-order chi connectivity index (χ0) is 14.3. The number of para-hydroxylation sites is 1. The lowest BCUT2D eigenvalue weighted by Gasteiger charge is -2.15. The van der Waals surface area contributed by atoms with Gasteiger partial charge in [0.2, 0.25) is 0 Å². The molecule has 0 unspecified atom stereocenters. The number of carboxylic acid groups (broad SMARTS) is 1. The molecule has 0 bridgehead atoms. The first kappa shape index (κ1) is 15.4. The summed E-state index contributed by atoms with van der Waals surface area (Å²) in [4.78, 5) is 23.7. The van der Waals surface area contributed by atoms with Gasteiger partial charge in [0.25, 0.3) is 0 Å². The number of hydrogen-bond donors (Lipinski definition) is 3. The van der Waals surface area contributed by atoms with E-state index in [2.05, 4.69) is 10.6 Å². The SMILES string of the molecule is CCC[C@@H](NC(=O)Nc1ccccc1SC)C(=O)O. The summed E-state index contributed by atoms with van der Waals surface area (Å²) in [5, 5.41) is 14.1. The Bertz CT molecular complexity index is 451. The molecule has 0 saturated heterocycles. The minimum atomic E-state index is -1.02. The molecule has 0 aliphatic heterocycles. The van der Waals surface area contributed by atoms with E-state index in [-0.39, 0.29) is 0 Å². The maximum atomic E-state index is 11.8. The predicted octanol–water partition coefficient (Wildman–Crippen LogP) is 2.78. The van der Waals surface area contributed by atoms with Crippen LogP contribution in [0.5, 0.6) is 0 Å². The molecule has 6 heteroatoms. The molecule has 0 heterocycles. The number of benzene rings is 1. The second-order valence-corrected chi connectivity index (χ2v) is 4.83. The topological polar surface area (TPSA) is 78.4 Å². The monoisotopic (exact) mass is 282 g/mol. The number of hydrogen-bond acceptors (Lipinski definition) is 3. The number of carboxylic acids is 1. The molecule has 104 valence electrons. The molecule has 0 spiro atoms. The Labute approximate surface area is 116 Å². The zero-order valence-corrected chi connectivity index (χ0v) is 11.8. The lowest BCUT2D eigenvalue weighted by atomic mass is 10.2. The molecule has 3 N–H and O–H groups in total. The Kier molecular flexibility index (Phi) is 6.21. The van der Waals surface area contributed by atoms with Gasteiger partial charge in [-0.15, -0.1) is 11.8 Å². The summed E-state index contributed by atoms with van der Waals surface area (Å²) in [7, 11) is 0. The number of amides is 2. The van der Waals surface area contributed by atoms with Crippen LogP contribution in [0.3, 0.4) is 0 Å². The fourth-order valence-electron chi connectivity index (χ4n) is 1.61. The Morgan fingerprint density at radius 2 is 2.05 bits per heavy atom. The molecule has 0 saturated carbocycles. The summed E-state index contributed by atoms with van der Waals surface area (Å²) in [6, 6.07) is 6.01. The lowest BCUT2D eigenvalue weighted by Crippen LogP contribution is -2.42. The van der Waals surface area contributed by atoms with E-state index < -0.39 is 18.0 Å². The van der Waals surface area contributed by atoms with Crippen molar-refractivity contribution in [1.29, 1.82) is 0 Å². The third kappa shape index (κ3) is 4.82. The molecule has 0 radical (unpaired) electrons. The molecule has 5 nitrogen and oxygen atoms in total. The van der Waals surface area contributed by atoms with Gasteiger partial charge in [-0.1, -0.05) is 25.5 Å². The van der Waals surface area contributed by atoms with Gasteiger partial charge in [0, 0.05) is 4.90 Å². The van der Waals surface area contributed by atoms with Crippen LogP contribution in [0.2, 0.25) is 0 Å². The molecule has 0 fully saturated rings. The van der Waals surface area contributed by atoms with Crippen molar-refractivity contribution >= 4 is 29.4 Å². The van der Waals surface area contributed by atoms with Crippen molar-refractivity contribution < 1.29 is 14.7 Å². The average molecular weight is 282 g/mol. The number of rotatable bonds is 6. The quantitative estimate of drug-likeness (QED) is 0.701. The molecule has 2 amide bonds. The fourth-order valence-corrected chi connectivity index (χ4v) is 2.16. The largest absolute Gasteiger partial charge is 0.480 e. The first-order valence-corrected chi connectivity index (χ1v) is 7.24. The van der Waals surface area contributed by atoms with Crippen molar-refractivity contribution in [2.75, 3.05) is 11.6 Å². The Morgan fingerprint density at radius 3 is 2.63 bits per heavy atom. The Morgan fingerprint density at radius 1 is 1.37 bits per heavy atom. The number of carbonyl (C=O) groups excluding carboxylic acids is 1. The van der Waals surface area contributed by atoms with Gasteiger partial charge in [0.15, 0.2) is 0 Å². The van der Waals surface area contributed by atoms with Crippen LogP contribution in [-0.4, -0.2) is 29.4 Å². The first-order chi connectivity index (χ1) is 9.08. The second-order valence-electron chi connectivity index (χ2n) is 3.98. The number of anilines is 1. The smallest absolute Gasteiger partial charge is 0.326 e. The van der Waals surface area contributed by atoms with Crippen LogP contribution in [0.25, 0.3) is 0 Å². The molecule has 0 aliphatic carbocycles. The lowest BCUT2D eigenvalue weighted by molar-refractivity contribution is -0.139. The minimum Gasteiger partial charge on any atom is -0.480 e. The van der Waals surface area contributed by atoms with E-state index in [4.69, 9.17) is 5.11 Å². The van der Waals surface area contributed by atoms with Crippen molar-refractivity contribution in [3.05, 3.63) is 24.3 Å². The van der Waals surface area contributed by atoms with Crippen molar-refractivity contribution in [3.8, 4) is 0 Å². The molecular formula is C13H18N2O3S. The van der Waals surface area contributed by atoms with Gasteiger partial charge in [0.05, 0.1) is 5.69 Å². The van der Waals surface area contributed by atoms with Gasteiger partial charge in [-0.25, -0.2) is 9.59 Å². The Balaban J connectivity index is 2.66. The molecule has 0 aliphatic rings. The fraction of sp³-hybridized carbons (Fsp3) is 0.385. The van der Waals surface area contributed by atoms with Crippen LogP contribution in [-0.2, 0) is 4.79 Å². The van der Waals surface area contributed by atoms with Gasteiger partial charge >= 0.3 is 12.0 Å². The molecule has 1 rings (SSSR count). The van der Waals surface area contributed by atoms with Gasteiger partial charge in [-0.05, 0) is 24.8 Å². The van der Waals surface area contributed by atoms with Crippen LogP contribution in [0, 0.1) is 0 Å². The van der Waals surface area contributed by atoms with Crippen LogP contribution in [0.1, 0.15) is 19.8 Å². The number of thioether (sulfide) groups is 1. The van der Waals surface area contributed by atoms with Crippen molar-refractivity contribution in [2.45, 2.75) is 30.7 Å². The standard InChI is InChI=1S/C13H18N2O3S/c1-3-6-10(12(16)17)15-13(18)14-9-7-4-5-8-11(9)19-2/h4-5,7-8,10H,3,6H2,1-2H3,(H,16,17)(H2,14,15,18)/t10-/m1/s1. The average Bonchev–Trinajstić information content (AvgIpc) is 2.38. The van der Waals surface area contributed by atoms with E-state index in [0.717, 1.165) is 4.90 Å². The van der Waals surface area contributed by atoms with E-state index in [9.17, 15) is 9.59 Å². The normalized spacial score (nSPS) is 11.7. The summed E-state index contributed by atoms with van der Waals surface area (Å²) < 4.78 is 0. The summed E-state index contributed by atoms with van der Waals surface area (Å²) in [6.45, 7) is 1.87. The summed E-state index contributed by atoms with van der Waals surface area (Å²) in [5.74, 6) is -1.02. The zero-order valence-electron chi connectivity index (χ0n) is 11.0. The molecule has 19 heavy (non-hydrogen) atoms. The molecule has 1 aromatic rings. The van der Waals surface area contributed by atoms with E-state index in [1.54, 1.807) is 6.07 Å². The maximum Gasteiger partial charge on any atom is 0.326 e. The molecular weight excluding hydrogens is 264 g/mol. The number of urea groups is 1. The van der Waals surface area contributed by atoms with Gasteiger partial charge in [-0.2, -0.15) is 0 Å².